The number of carbonyl (C=O) groups excluding carboxylic acids is 1. The third-order valence-corrected chi connectivity index (χ3v) is 6.32. The number of nitrogens with zero attached hydrogens (tertiary/aromatic N) is 5. The summed E-state index contributed by atoms with van der Waals surface area (Å²) < 4.78 is 7.62. The molecular formula is C22H21ClN6O2. The van der Waals surface area contributed by atoms with Crippen molar-refractivity contribution in [2.45, 2.75) is 38.0 Å². The minimum Gasteiger partial charge on any atom is -0.369 e. The first-order valence-electron chi connectivity index (χ1n) is 10.6. The van der Waals surface area contributed by atoms with Gasteiger partial charge in [0.15, 0.2) is 0 Å². The molecule has 1 aliphatic carbocycles. The van der Waals surface area contributed by atoms with Crippen LogP contribution in [0.25, 0.3) is 27.9 Å². The van der Waals surface area contributed by atoms with Gasteiger partial charge in [0.25, 0.3) is 0 Å². The molecule has 0 atom stereocenters. The molecule has 0 unspecified atom stereocenters. The second-order valence-electron chi connectivity index (χ2n) is 8.38. The molecule has 9 heteroatoms. The molecule has 3 aromatic heterocycles. The van der Waals surface area contributed by atoms with Crippen LogP contribution in [0.3, 0.4) is 0 Å². The third kappa shape index (κ3) is 3.13. The van der Waals surface area contributed by atoms with Crippen LogP contribution in [0, 0.1) is 0 Å². The van der Waals surface area contributed by atoms with Crippen molar-refractivity contribution in [3.8, 4) is 11.5 Å². The predicted octanol–water partition coefficient (Wildman–Crippen LogP) is 3.70. The smallest absolute Gasteiger partial charge is 0.230 e. The molecule has 6 rings (SSSR count). The standard InChI is InChI=1S/C22H21ClN6O2/c23-14-5-6-16-15(11-14)13(10-18(24)30)9-17-19(20-26-21(31-27-20)12-3-4-12)25-22(29(16)17)28-7-1-2-8-28/h5-6,9,11-12H,1-4,7-8,10H2,(H2,24,30). The Morgan fingerprint density at radius 3 is 2.71 bits per heavy atom. The molecule has 2 N–H and O–H groups in total. The van der Waals surface area contributed by atoms with Gasteiger partial charge in [-0.05, 0) is 55.5 Å². The summed E-state index contributed by atoms with van der Waals surface area (Å²) in [6, 6.07) is 7.65. The van der Waals surface area contributed by atoms with Crippen molar-refractivity contribution in [3.63, 3.8) is 0 Å². The molecule has 1 aromatic carbocycles. The summed E-state index contributed by atoms with van der Waals surface area (Å²) in [6.07, 6.45) is 4.53. The van der Waals surface area contributed by atoms with Gasteiger partial charge < -0.3 is 15.2 Å². The molecule has 2 fully saturated rings. The average molecular weight is 437 g/mol. The van der Waals surface area contributed by atoms with E-state index in [0.29, 0.717) is 28.3 Å². The van der Waals surface area contributed by atoms with Gasteiger partial charge in [-0.15, -0.1) is 0 Å². The Morgan fingerprint density at radius 2 is 1.97 bits per heavy atom. The number of fused-ring (bicyclic) bond motifs is 3. The summed E-state index contributed by atoms with van der Waals surface area (Å²) in [5.74, 6) is 1.95. The Labute approximate surface area is 183 Å². The molecular weight excluding hydrogens is 416 g/mol. The number of primary amides is 1. The highest BCUT2D eigenvalue weighted by Gasteiger charge is 2.31. The lowest BCUT2D eigenvalue weighted by atomic mass is 10.0. The SMILES string of the molecule is NC(=O)Cc1cc2c(-c3noc(C4CC4)n3)nc(N3CCCC3)n2c2ccc(Cl)cc12. The van der Waals surface area contributed by atoms with Gasteiger partial charge in [-0.1, -0.05) is 16.8 Å². The third-order valence-electron chi connectivity index (χ3n) is 6.09. The zero-order chi connectivity index (χ0) is 21.1. The molecule has 0 bridgehead atoms. The predicted molar refractivity (Wildman–Crippen MR) is 117 cm³/mol. The van der Waals surface area contributed by atoms with Crippen molar-refractivity contribution in [1.82, 2.24) is 19.5 Å². The number of anilines is 1. The first kappa shape index (κ1) is 18.6. The van der Waals surface area contributed by atoms with Crippen LogP contribution in [0.15, 0.2) is 28.8 Å². The summed E-state index contributed by atoms with van der Waals surface area (Å²) in [5, 5.41) is 5.72. The van der Waals surface area contributed by atoms with Gasteiger partial charge in [0.1, 0.15) is 5.69 Å². The summed E-state index contributed by atoms with van der Waals surface area (Å²) in [5.41, 5.74) is 8.76. The number of rotatable bonds is 5. The van der Waals surface area contributed by atoms with Crippen LogP contribution in [0.4, 0.5) is 5.95 Å². The zero-order valence-electron chi connectivity index (χ0n) is 16.8. The van der Waals surface area contributed by atoms with Crippen LogP contribution < -0.4 is 10.6 Å². The highest BCUT2D eigenvalue weighted by Crippen LogP contribution is 2.40. The fourth-order valence-electron chi connectivity index (χ4n) is 4.45. The Balaban J connectivity index is 1.65. The van der Waals surface area contributed by atoms with E-state index >= 15 is 0 Å². The van der Waals surface area contributed by atoms with Crippen molar-refractivity contribution < 1.29 is 9.32 Å². The fraction of sp³-hybridized carbons (Fsp3) is 0.364. The van der Waals surface area contributed by atoms with Crippen molar-refractivity contribution in [2.75, 3.05) is 18.0 Å². The van der Waals surface area contributed by atoms with E-state index in [-0.39, 0.29) is 6.42 Å². The number of benzene rings is 1. The van der Waals surface area contributed by atoms with Crippen LogP contribution in [0.1, 0.15) is 43.1 Å². The van der Waals surface area contributed by atoms with Crippen LogP contribution >= 0.6 is 11.6 Å². The number of hydrogen-bond donors (Lipinski definition) is 1. The lowest BCUT2D eigenvalue weighted by molar-refractivity contribution is -0.117. The van der Waals surface area contributed by atoms with Gasteiger partial charge in [-0.25, -0.2) is 4.98 Å². The number of aromatic nitrogens is 4. The number of amides is 1. The van der Waals surface area contributed by atoms with E-state index in [1.54, 1.807) is 0 Å². The van der Waals surface area contributed by atoms with Crippen LogP contribution in [0.2, 0.25) is 5.02 Å². The largest absolute Gasteiger partial charge is 0.369 e. The average Bonchev–Trinajstić information content (AvgIpc) is 3.15. The van der Waals surface area contributed by atoms with Gasteiger partial charge in [0.05, 0.1) is 17.5 Å². The van der Waals surface area contributed by atoms with E-state index in [1.807, 2.05) is 24.3 Å². The molecule has 2 aliphatic rings. The van der Waals surface area contributed by atoms with Crippen molar-refractivity contribution in [1.29, 1.82) is 0 Å². The van der Waals surface area contributed by atoms with Gasteiger partial charge in [-0.3, -0.25) is 9.20 Å². The quantitative estimate of drug-likeness (QED) is 0.511. The second-order valence-corrected chi connectivity index (χ2v) is 8.82. The molecule has 31 heavy (non-hydrogen) atoms. The lowest BCUT2D eigenvalue weighted by Gasteiger charge is -2.17. The Kier molecular flexibility index (Phi) is 4.17. The fourth-order valence-corrected chi connectivity index (χ4v) is 4.62. The number of pyridine rings is 1. The summed E-state index contributed by atoms with van der Waals surface area (Å²) in [7, 11) is 0. The molecule has 0 spiro atoms. The maximum absolute atomic E-state index is 11.8. The van der Waals surface area contributed by atoms with Crippen LogP contribution in [0.5, 0.6) is 0 Å². The first-order chi connectivity index (χ1) is 15.1. The molecule has 1 saturated heterocycles. The molecule has 1 saturated carbocycles. The van der Waals surface area contributed by atoms with E-state index in [2.05, 4.69) is 19.4 Å². The summed E-state index contributed by atoms with van der Waals surface area (Å²) in [6.45, 7) is 1.88. The minimum absolute atomic E-state index is 0.108. The number of nitrogens with two attached hydrogens (primary N) is 1. The van der Waals surface area contributed by atoms with Gasteiger partial charge in [0.2, 0.25) is 23.6 Å². The summed E-state index contributed by atoms with van der Waals surface area (Å²) in [4.78, 5) is 23.7. The maximum atomic E-state index is 11.8. The highest BCUT2D eigenvalue weighted by molar-refractivity contribution is 6.31. The molecule has 4 heterocycles. The Morgan fingerprint density at radius 1 is 1.16 bits per heavy atom. The van der Waals surface area contributed by atoms with E-state index in [4.69, 9.17) is 26.8 Å². The lowest BCUT2D eigenvalue weighted by Crippen LogP contribution is -2.20. The molecule has 158 valence electrons. The van der Waals surface area contributed by atoms with E-state index in [0.717, 1.165) is 66.7 Å². The Hall–Kier alpha value is -3.13. The van der Waals surface area contributed by atoms with E-state index in [1.165, 1.54) is 0 Å². The Bertz CT molecular complexity index is 1330. The van der Waals surface area contributed by atoms with E-state index in [9.17, 15) is 4.79 Å². The van der Waals surface area contributed by atoms with Crippen LogP contribution in [-0.4, -0.2) is 38.5 Å². The second kappa shape index (κ2) is 6.95. The van der Waals surface area contributed by atoms with Crippen molar-refractivity contribution in [2.24, 2.45) is 5.73 Å². The normalized spacial score (nSPS) is 16.6. The number of imidazole rings is 1. The molecule has 8 nitrogen and oxygen atoms in total. The van der Waals surface area contributed by atoms with Crippen molar-refractivity contribution >= 4 is 39.9 Å². The molecule has 4 aromatic rings. The summed E-state index contributed by atoms with van der Waals surface area (Å²) >= 11 is 6.30. The topological polar surface area (TPSA) is 103 Å². The highest BCUT2D eigenvalue weighted by atomic mass is 35.5. The zero-order valence-corrected chi connectivity index (χ0v) is 17.6. The van der Waals surface area contributed by atoms with Gasteiger partial charge in [0, 0.05) is 29.4 Å². The number of halogens is 1. The van der Waals surface area contributed by atoms with Crippen LogP contribution in [-0.2, 0) is 11.2 Å². The maximum Gasteiger partial charge on any atom is 0.230 e. The van der Waals surface area contributed by atoms with Gasteiger partial charge in [-0.2, -0.15) is 4.98 Å². The van der Waals surface area contributed by atoms with E-state index < -0.39 is 5.91 Å². The molecule has 1 aliphatic heterocycles. The minimum atomic E-state index is -0.401. The molecule has 0 radical (unpaired) electrons. The monoisotopic (exact) mass is 436 g/mol. The van der Waals surface area contributed by atoms with Gasteiger partial charge >= 0.3 is 0 Å². The molecule has 1 amide bonds. The number of hydrogen-bond acceptors (Lipinski definition) is 6. The number of carbonyl (C=O) groups is 1. The first-order valence-corrected chi connectivity index (χ1v) is 11.0. The van der Waals surface area contributed by atoms with Crippen molar-refractivity contribution in [3.05, 3.63) is 40.7 Å².